The van der Waals surface area contributed by atoms with E-state index in [-0.39, 0.29) is 31.6 Å². The van der Waals surface area contributed by atoms with Crippen molar-refractivity contribution in [3.05, 3.63) is 47.0 Å². The number of rotatable bonds is 12. The number of carbonyl (C=O) groups excluding carboxylic acids is 3. The zero-order valence-corrected chi connectivity index (χ0v) is 24.6. The highest BCUT2D eigenvalue weighted by Gasteiger charge is 2.45. The van der Waals surface area contributed by atoms with Crippen molar-refractivity contribution in [2.75, 3.05) is 26.9 Å². The monoisotopic (exact) mass is 589 g/mol. The van der Waals surface area contributed by atoms with Gasteiger partial charge in [0, 0.05) is 23.0 Å². The second kappa shape index (κ2) is 15.7. The third-order valence-electron chi connectivity index (χ3n) is 6.54. The third kappa shape index (κ3) is 9.92. The van der Waals surface area contributed by atoms with Crippen LogP contribution in [0.25, 0.3) is 0 Å². The maximum atomic E-state index is 13.7. The highest BCUT2D eigenvalue weighted by Crippen LogP contribution is 2.34. The second-order valence-electron chi connectivity index (χ2n) is 10.5. The van der Waals surface area contributed by atoms with Gasteiger partial charge in [-0.25, -0.2) is 4.79 Å². The van der Waals surface area contributed by atoms with Gasteiger partial charge in [-0.3, -0.25) is 9.59 Å². The lowest BCUT2D eigenvalue weighted by Crippen LogP contribution is -2.47. The molecule has 0 aliphatic carbocycles. The number of halogens is 1. The molecule has 2 rings (SSSR count). The average Bonchev–Trinajstić information content (AvgIpc) is 3.31. The number of unbranched alkanes of at least 4 members (excludes halogenated alkanes) is 3. The van der Waals surface area contributed by atoms with Crippen molar-refractivity contribution in [3.8, 4) is 11.8 Å². The van der Waals surface area contributed by atoms with Crippen LogP contribution in [0.4, 0.5) is 0 Å². The molecule has 1 heterocycles. The van der Waals surface area contributed by atoms with Crippen LogP contribution in [0.3, 0.4) is 0 Å². The molecule has 8 heteroatoms. The number of allylic oxidation sites excluding steroid dienone is 1. The predicted molar refractivity (Wildman–Crippen MR) is 150 cm³/mol. The first-order valence-electron chi connectivity index (χ1n) is 13.1. The van der Waals surface area contributed by atoms with Crippen molar-refractivity contribution in [3.63, 3.8) is 0 Å². The molecule has 0 spiro atoms. The first-order chi connectivity index (χ1) is 18.1. The first kappa shape index (κ1) is 31.6. The fourth-order valence-electron chi connectivity index (χ4n) is 4.32. The van der Waals surface area contributed by atoms with E-state index in [1.165, 1.54) is 12.0 Å². The topological polar surface area (TPSA) is 82.1 Å². The Kier molecular flexibility index (Phi) is 13.1. The van der Waals surface area contributed by atoms with E-state index in [0.29, 0.717) is 13.0 Å². The lowest BCUT2D eigenvalue weighted by atomic mass is 9.77. The SMILES string of the molecule is C=CCCCCCOC(=O)C[C@H](C(=O)N1C[C@H](OCC#Cc2ccccc2Br)C[C@H]1C(=O)OC)C(C)(C)C. The summed E-state index contributed by atoms with van der Waals surface area (Å²) < 4.78 is 17.2. The van der Waals surface area contributed by atoms with Crippen LogP contribution < -0.4 is 0 Å². The largest absolute Gasteiger partial charge is 0.467 e. The number of carbonyl (C=O) groups is 3. The Balaban J connectivity index is 2.03. The van der Waals surface area contributed by atoms with Crippen LogP contribution in [0.1, 0.15) is 64.9 Å². The van der Waals surface area contributed by atoms with Crippen LogP contribution in [-0.4, -0.2) is 61.8 Å². The van der Waals surface area contributed by atoms with Crippen molar-refractivity contribution in [2.24, 2.45) is 11.3 Å². The molecule has 0 radical (unpaired) electrons. The Bertz CT molecular complexity index is 1020. The molecule has 1 aliphatic rings. The molecule has 0 unspecified atom stereocenters. The number of ether oxygens (including phenoxy) is 3. The molecular weight excluding hydrogens is 550 g/mol. The Hall–Kier alpha value is -2.63. The van der Waals surface area contributed by atoms with Crippen molar-refractivity contribution >= 4 is 33.8 Å². The molecule has 1 saturated heterocycles. The number of esters is 2. The summed E-state index contributed by atoms with van der Waals surface area (Å²) in [5.41, 5.74) is 0.331. The molecule has 0 bridgehead atoms. The second-order valence-corrected chi connectivity index (χ2v) is 11.3. The van der Waals surface area contributed by atoms with Gasteiger partial charge in [-0.2, -0.15) is 0 Å². The summed E-state index contributed by atoms with van der Waals surface area (Å²) in [6.45, 7) is 10.1. The molecule has 0 aromatic heterocycles. The number of benzene rings is 1. The Labute approximate surface area is 235 Å². The molecule has 0 saturated carbocycles. The number of methoxy groups -OCH3 is 1. The maximum absolute atomic E-state index is 13.7. The standard InChI is InChI=1S/C30H40BrNO6/c1-6-7-8-9-12-17-38-27(33)20-24(30(2,3)4)28(34)32-21-23(19-26(32)29(35)36-5)37-18-13-15-22-14-10-11-16-25(22)31/h6,10-11,14,16,23-24,26H,1,7-9,12,17-21H2,2-5H3/t23-,24-,26+/m1/s1. The van der Waals surface area contributed by atoms with E-state index < -0.39 is 29.3 Å². The summed E-state index contributed by atoms with van der Waals surface area (Å²) in [6, 6.07) is 6.86. The number of likely N-dealkylation sites (tertiary alicyclic amines) is 1. The van der Waals surface area contributed by atoms with Crippen LogP contribution in [0.15, 0.2) is 41.4 Å². The smallest absolute Gasteiger partial charge is 0.328 e. The van der Waals surface area contributed by atoms with Gasteiger partial charge in [0.15, 0.2) is 0 Å². The lowest BCUT2D eigenvalue weighted by Gasteiger charge is -2.34. The number of hydrogen-bond donors (Lipinski definition) is 0. The van der Waals surface area contributed by atoms with Gasteiger partial charge in [-0.05, 0) is 59.2 Å². The molecular formula is C30H40BrNO6. The van der Waals surface area contributed by atoms with E-state index in [1.807, 2.05) is 51.1 Å². The van der Waals surface area contributed by atoms with E-state index >= 15 is 0 Å². The van der Waals surface area contributed by atoms with Crippen molar-refractivity contribution in [1.29, 1.82) is 0 Å². The fraction of sp³-hybridized carbons (Fsp3) is 0.567. The van der Waals surface area contributed by atoms with Gasteiger partial charge >= 0.3 is 11.9 Å². The summed E-state index contributed by atoms with van der Waals surface area (Å²) in [5.74, 6) is 4.20. The third-order valence-corrected chi connectivity index (χ3v) is 7.23. The Morgan fingerprint density at radius 1 is 1.21 bits per heavy atom. The Morgan fingerprint density at radius 3 is 2.61 bits per heavy atom. The Morgan fingerprint density at radius 2 is 1.95 bits per heavy atom. The fourth-order valence-corrected chi connectivity index (χ4v) is 4.70. The van der Waals surface area contributed by atoms with Crippen LogP contribution in [-0.2, 0) is 28.6 Å². The summed E-state index contributed by atoms with van der Waals surface area (Å²) >= 11 is 3.47. The van der Waals surface area contributed by atoms with Gasteiger partial charge < -0.3 is 19.1 Å². The summed E-state index contributed by atoms with van der Waals surface area (Å²) in [6.07, 6.45) is 5.42. The van der Waals surface area contributed by atoms with E-state index in [9.17, 15) is 14.4 Å². The number of hydrogen-bond acceptors (Lipinski definition) is 6. The van der Waals surface area contributed by atoms with E-state index in [0.717, 1.165) is 35.7 Å². The molecule has 1 fully saturated rings. The minimum absolute atomic E-state index is 0.0532. The van der Waals surface area contributed by atoms with Gasteiger partial charge in [-0.1, -0.05) is 50.8 Å². The van der Waals surface area contributed by atoms with Crippen LogP contribution in [0, 0.1) is 23.2 Å². The maximum Gasteiger partial charge on any atom is 0.328 e. The first-order valence-corrected chi connectivity index (χ1v) is 13.9. The van der Waals surface area contributed by atoms with Gasteiger partial charge in [0.05, 0.1) is 32.2 Å². The molecule has 0 N–H and O–H groups in total. The predicted octanol–water partition coefficient (Wildman–Crippen LogP) is 5.30. The van der Waals surface area contributed by atoms with Crippen LogP contribution >= 0.6 is 15.9 Å². The van der Waals surface area contributed by atoms with E-state index in [4.69, 9.17) is 14.2 Å². The minimum Gasteiger partial charge on any atom is -0.467 e. The van der Waals surface area contributed by atoms with Gasteiger partial charge in [-0.15, -0.1) is 6.58 Å². The molecule has 38 heavy (non-hydrogen) atoms. The molecule has 1 aromatic carbocycles. The lowest BCUT2D eigenvalue weighted by molar-refractivity contribution is -0.157. The molecule has 1 aromatic rings. The van der Waals surface area contributed by atoms with Crippen molar-refractivity contribution in [2.45, 2.75) is 71.4 Å². The van der Waals surface area contributed by atoms with Gasteiger partial charge in [0.1, 0.15) is 12.6 Å². The van der Waals surface area contributed by atoms with Gasteiger partial charge in [0.25, 0.3) is 0 Å². The molecule has 208 valence electrons. The minimum atomic E-state index is -0.778. The summed E-state index contributed by atoms with van der Waals surface area (Å²) in [5, 5.41) is 0. The zero-order chi connectivity index (χ0) is 28.1. The molecule has 3 atom stereocenters. The molecule has 7 nitrogen and oxygen atoms in total. The zero-order valence-electron chi connectivity index (χ0n) is 23.0. The summed E-state index contributed by atoms with van der Waals surface area (Å²) in [4.78, 5) is 40.4. The molecule has 1 amide bonds. The van der Waals surface area contributed by atoms with Crippen LogP contribution in [0.2, 0.25) is 0 Å². The summed E-state index contributed by atoms with van der Waals surface area (Å²) in [7, 11) is 1.30. The van der Waals surface area contributed by atoms with E-state index in [2.05, 4.69) is 34.3 Å². The molecule has 1 aliphatic heterocycles. The normalized spacial score (nSPS) is 17.8. The van der Waals surface area contributed by atoms with Gasteiger partial charge in [0.2, 0.25) is 5.91 Å². The number of amides is 1. The number of nitrogens with zero attached hydrogens (tertiary/aromatic N) is 1. The highest BCUT2D eigenvalue weighted by atomic mass is 79.9. The highest BCUT2D eigenvalue weighted by molar-refractivity contribution is 9.10. The van der Waals surface area contributed by atoms with E-state index in [1.54, 1.807) is 0 Å². The van der Waals surface area contributed by atoms with Crippen molar-refractivity contribution in [1.82, 2.24) is 4.90 Å². The quantitative estimate of drug-likeness (QED) is 0.142. The average molecular weight is 591 g/mol. The van der Waals surface area contributed by atoms with Crippen LogP contribution in [0.5, 0.6) is 0 Å². The van der Waals surface area contributed by atoms with Crippen molar-refractivity contribution < 1.29 is 28.6 Å².